The van der Waals surface area contributed by atoms with Gasteiger partial charge in [-0.1, -0.05) is 54.3 Å². The molecule has 2 aromatic rings. The lowest BCUT2D eigenvalue weighted by Crippen LogP contribution is -2.40. The van der Waals surface area contributed by atoms with Crippen LogP contribution in [0.4, 0.5) is 0 Å². The molecule has 1 aromatic carbocycles. The first-order valence-electron chi connectivity index (χ1n) is 8.03. The summed E-state index contributed by atoms with van der Waals surface area (Å²) in [6, 6.07) is 11.8. The van der Waals surface area contributed by atoms with Gasteiger partial charge in [0.25, 0.3) is 11.5 Å². The van der Waals surface area contributed by atoms with E-state index in [4.69, 9.17) is 17.1 Å². The SMILES string of the molecule is COC(=O)c1ccc(C(=O)N2CCSC2=S)n(OCc2ccccc2)c1=O. The zero-order chi connectivity index (χ0) is 19.4. The molecule has 1 fully saturated rings. The minimum atomic E-state index is -0.802. The van der Waals surface area contributed by atoms with Gasteiger partial charge in [-0.2, -0.15) is 0 Å². The Bertz CT molecular complexity index is 943. The Balaban J connectivity index is 2.00. The van der Waals surface area contributed by atoms with Gasteiger partial charge < -0.3 is 9.57 Å². The molecule has 27 heavy (non-hydrogen) atoms. The van der Waals surface area contributed by atoms with Crippen LogP contribution in [0, 0.1) is 0 Å². The van der Waals surface area contributed by atoms with Crippen molar-refractivity contribution < 1.29 is 19.2 Å². The molecule has 0 atom stereocenters. The van der Waals surface area contributed by atoms with E-state index in [0.29, 0.717) is 16.6 Å². The van der Waals surface area contributed by atoms with E-state index in [2.05, 4.69) is 4.74 Å². The molecule has 0 saturated carbocycles. The van der Waals surface area contributed by atoms with Gasteiger partial charge >= 0.3 is 5.97 Å². The van der Waals surface area contributed by atoms with Crippen molar-refractivity contribution in [1.82, 2.24) is 9.63 Å². The monoisotopic (exact) mass is 404 g/mol. The zero-order valence-corrected chi connectivity index (χ0v) is 16.0. The first-order valence-corrected chi connectivity index (χ1v) is 9.42. The number of nitrogens with zero attached hydrogens (tertiary/aromatic N) is 2. The third-order valence-electron chi connectivity index (χ3n) is 3.88. The summed E-state index contributed by atoms with van der Waals surface area (Å²) in [5.74, 6) is -0.560. The summed E-state index contributed by atoms with van der Waals surface area (Å²) in [6.45, 7) is 0.499. The fraction of sp³-hybridized carbons (Fsp3) is 0.222. The van der Waals surface area contributed by atoms with Crippen LogP contribution in [-0.4, -0.2) is 45.2 Å². The standard InChI is InChI=1S/C18H16N2O5S2/c1-24-17(23)13-7-8-14(16(22)19-9-10-27-18(19)26)20(15(13)21)25-11-12-5-3-2-4-6-12/h2-8H,9-11H2,1H3. The summed E-state index contributed by atoms with van der Waals surface area (Å²) in [5, 5.41) is 0. The Morgan fingerprint density at radius 1 is 1.19 bits per heavy atom. The van der Waals surface area contributed by atoms with Crippen LogP contribution in [0.1, 0.15) is 26.4 Å². The predicted octanol–water partition coefficient (Wildman–Crippen LogP) is 1.74. The van der Waals surface area contributed by atoms with Crippen LogP contribution in [0.3, 0.4) is 0 Å². The van der Waals surface area contributed by atoms with Crippen LogP contribution < -0.4 is 10.4 Å². The van der Waals surface area contributed by atoms with Gasteiger partial charge in [-0.05, 0) is 17.7 Å². The molecule has 1 amide bonds. The van der Waals surface area contributed by atoms with Gasteiger partial charge in [-0.3, -0.25) is 14.5 Å². The number of hydrogen-bond donors (Lipinski definition) is 0. The smallest absolute Gasteiger partial charge is 0.343 e. The maximum absolute atomic E-state index is 12.9. The number of esters is 1. The molecular formula is C18H16N2O5S2. The third kappa shape index (κ3) is 4.04. The number of thiocarbonyl (C=S) groups is 1. The average Bonchev–Trinajstić information content (AvgIpc) is 3.12. The van der Waals surface area contributed by atoms with Gasteiger partial charge in [0.1, 0.15) is 22.2 Å². The molecule has 1 aliphatic heterocycles. The normalized spacial score (nSPS) is 13.5. The maximum Gasteiger partial charge on any atom is 0.343 e. The number of carbonyl (C=O) groups excluding carboxylic acids is 2. The number of carbonyl (C=O) groups is 2. The number of amides is 1. The topological polar surface area (TPSA) is 77.8 Å². The molecule has 3 rings (SSSR count). The van der Waals surface area contributed by atoms with E-state index in [-0.39, 0.29) is 17.9 Å². The Morgan fingerprint density at radius 2 is 1.93 bits per heavy atom. The molecule has 9 heteroatoms. The molecule has 0 N–H and O–H groups in total. The third-order valence-corrected chi connectivity index (χ3v) is 5.30. The summed E-state index contributed by atoms with van der Waals surface area (Å²) < 4.78 is 5.91. The molecule has 2 heterocycles. The van der Waals surface area contributed by atoms with E-state index in [9.17, 15) is 14.4 Å². The Labute approximate surface area is 164 Å². The van der Waals surface area contributed by atoms with Crippen LogP contribution >= 0.6 is 24.0 Å². The lowest BCUT2D eigenvalue weighted by atomic mass is 10.2. The van der Waals surface area contributed by atoms with Crippen LogP contribution in [0.15, 0.2) is 47.3 Å². The number of rotatable bonds is 5. The first kappa shape index (κ1) is 19.1. The number of pyridine rings is 1. The molecule has 1 aromatic heterocycles. The number of ether oxygens (including phenoxy) is 1. The minimum Gasteiger partial charge on any atom is -0.465 e. The molecule has 1 saturated heterocycles. The molecule has 0 bridgehead atoms. The Hall–Kier alpha value is -2.65. The highest BCUT2D eigenvalue weighted by Crippen LogP contribution is 2.20. The lowest BCUT2D eigenvalue weighted by Gasteiger charge is -2.19. The van der Waals surface area contributed by atoms with E-state index < -0.39 is 17.4 Å². The second kappa shape index (κ2) is 8.36. The molecule has 140 valence electrons. The number of thioether (sulfide) groups is 1. The lowest BCUT2D eigenvalue weighted by molar-refractivity contribution is 0.0553. The quantitative estimate of drug-likeness (QED) is 0.555. The summed E-state index contributed by atoms with van der Waals surface area (Å²) in [6.07, 6.45) is 0. The van der Waals surface area contributed by atoms with Crippen LogP contribution in [0.5, 0.6) is 0 Å². The Kier molecular flexibility index (Phi) is 5.92. The average molecular weight is 404 g/mol. The van der Waals surface area contributed by atoms with Crippen molar-refractivity contribution in [3.8, 4) is 0 Å². The highest BCUT2D eigenvalue weighted by atomic mass is 32.2. The van der Waals surface area contributed by atoms with Crippen molar-refractivity contribution >= 4 is 40.2 Å². The number of methoxy groups -OCH3 is 1. The van der Waals surface area contributed by atoms with Gasteiger partial charge in [0.15, 0.2) is 0 Å². The number of hydrogen-bond acceptors (Lipinski definition) is 7. The molecule has 0 aliphatic carbocycles. The summed E-state index contributed by atoms with van der Waals surface area (Å²) in [4.78, 5) is 44.5. The van der Waals surface area contributed by atoms with Crippen molar-refractivity contribution in [1.29, 1.82) is 0 Å². The van der Waals surface area contributed by atoms with Crippen LogP contribution in [0.25, 0.3) is 0 Å². The van der Waals surface area contributed by atoms with Gasteiger partial charge in [0.2, 0.25) is 0 Å². The second-order valence-corrected chi connectivity index (χ2v) is 7.28. The predicted molar refractivity (Wildman–Crippen MR) is 105 cm³/mol. The van der Waals surface area contributed by atoms with Gasteiger partial charge in [-0.15, -0.1) is 4.73 Å². The van der Waals surface area contributed by atoms with Crippen molar-refractivity contribution in [3.05, 3.63) is 69.6 Å². The molecule has 0 radical (unpaired) electrons. The molecular weight excluding hydrogens is 388 g/mol. The van der Waals surface area contributed by atoms with E-state index in [1.807, 2.05) is 30.3 Å². The Morgan fingerprint density at radius 3 is 2.56 bits per heavy atom. The fourth-order valence-electron chi connectivity index (χ4n) is 2.50. The van der Waals surface area contributed by atoms with Gasteiger partial charge in [-0.25, -0.2) is 4.79 Å². The minimum absolute atomic E-state index is 0.00608. The van der Waals surface area contributed by atoms with Crippen molar-refractivity contribution in [2.75, 3.05) is 19.4 Å². The highest BCUT2D eigenvalue weighted by Gasteiger charge is 2.29. The molecule has 7 nitrogen and oxygen atoms in total. The summed E-state index contributed by atoms with van der Waals surface area (Å²) in [7, 11) is 1.18. The van der Waals surface area contributed by atoms with E-state index in [0.717, 1.165) is 10.3 Å². The second-order valence-electron chi connectivity index (χ2n) is 5.55. The van der Waals surface area contributed by atoms with Gasteiger partial charge in [0, 0.05) is 12.3 Å². The van der Waals surface area contributed by atoms with Crippen LogP contribution in [-0.2, 0) is 11.3 Å². The summed E-state index contributed by atoms with van der Waals surface area (Å²) in [5.41, 5.74) is -0.186. The fourth-order valence-corrected chi connectivity index (χ4v) is 3.70. The van der Waals surface area contributed by atoms with Crippen molar-refractivity contribution in [3.63, 3.8) is 0 Å². The van der Waals surface area contributed by atoms with Crippen LogP contribution in [0.2, 0.25) is 0 Å². The number of benzene rings is 1. The largest absolute Gasteiger partial charge is 0.465 e. The zero-order valence-electron chi connectivity index (χ0n) is 14.4. The van der Waals surface area contributed by atoms with Gasteiger partial charge in [0.05, 0.1) is 7.11 Å². The molecule has 0 spiro atoms. The van der Waals surface area contributed by atoms with Crippen molar-refractivity contribution in [2.24, 2.45) is 0 Å². The number of aromatic nitrogens is 1. The van der Waals surface area contributed by atoms with Crippen molar-refractivity contribution in [2.45, 2.75) is 6.61 Å². The van der Waals surface area contributed by atoms with E-state index in [1.165, 1.54) is 35.9 Å². The first-order chi connectivity index (χ1) is 13.0. The molecule has 1 aliphatic rings. The highest BCUT2D eigenvalue weighted by molar-refractivity contribution is 8.23. The summed E-state index contributed by atoms with van der Waals surface area (Å²) >= 11 is 6.58. The van der Waals surface area contributed by atoms with E-state index in [1.54, 1.807) is 0 Å². The molecule has 0 unspecified atom stereocenters. The maximum atomic E-state index is 12.9. The van der Waals surface area contributed by atoms with E-state index >= 15 is 0 Å².